The summed E-state index contributed by atoms with van der Waals surface area (Å²) in [6, 6.07) is 11.3. The summed E-state index contributed by atoms with van der Waals surface area (Å²) >= 11 is 0. The Bertz CT molecular complexity index is 958. The fourth-order valence-electron chi connectivity index (χ4n) is 2.49. The molecule has 8 heteroatoms. The van der Waals surface area contributed by atoms with Gasteiger partial charge in [-0.1, -0.05) is 12.1 Å². The van der Waals surface area contributed by atoms with Crippen LogP contribution in [0.2, 0.25) is 0 Å². The van der Waals surface area contributed by atoms with Crippen LogP contribution in [0.5, 0.6) is 11.5 Å². The van der Waals surface area contributed by atoms with Gasteiger partial charge in [0.05, 0.1) is 7.11 Å². The standard InChI is InChI=1S/C19H18FN3O4/c1-11-10-13(8-9-15(11)25-3)17-18(23-27-22-17)21-19(24)12(2)26-16-7-5-4-6-14(16)20/h4-10,12H,1-3H3,(H,21,23,24)/t12-/m0/s1. The van der Waals surface area contributed by atoms with Gasteiger partial charge in [-0.3, -0.25) is 4.79 Å². The normalized spacial score (nSPS) is 11.7. The minimum Gasteiger partial charge on any atom is -0.496 e. The topological polar surface area (TPSA) is 86.5 Å². The van der Waals surface area contributed by atoms with Crippen LogP contribution >= 0.6 is 0 Å². The Labute approximate surface area is 155 Å². The molecule has 2 aromatic carbocycles. The molecule has 0 aliphatic rings. The van der Waals surface area contributed by atoms with E-state index in [1.807, 2.05) is 13.0 Å². The van der Waals surface area contributed by atoms with Gasteiger partial charge >= 0.3 is 0 Å². The second kappa shape index (κ2) is 7.86. The second-order valence-corrected chi connectivity index (χ2v) is 5.83. The number of ether oxygens (including phenoxy) is 2. The number of hydrogen-bond acceptors (Lipinski definition) is 6. The van der Waals surface area contributed by atoms with Crippen molar-refractivity contribution in [2.45, 2.75) is 20.0 Å². The zero-order valence-corrected chi connectivity index (χ0v) is 15.0. The maximum atomic E-state index is 13.7. The van der Waals surface area contributed by atoms with Crippen molar-refractivity contribution >= 4 is 11.7 Å². The van der Waals surface area contributed by atoms with Crippen LogP contribution in [-0.4, -0.2) is 29.4 Å². The number of hydrogen-bond donors (Lipinski definition) is 1. The molecule has 1 aromatic heterocycles. The summed E-state index contributed by atoms with van der Waals surface area (Å²) in [5.41, 5.74) is 1.96. The minimum atomic E-state index is -0.955. The molecule has 0 aliphatic carbocycles. The molecule has 7 nitrogen and oxygen atoms in total. The van der Waals surface area contributed by atoms with E-state index >= 15 is 0 Å². The summed E-state index contributed by atoms with van der Waals surface area (Å²) in [4.78, 5) is 12.4. The molecule has 140 valence electrons. The lowest BCUT2D eigenvalue weighted by Gasteiger charge is -2.14. The third-order valence-corrected chi connectivity index (χ3v) is 3.91. The van der Waals surface area contributed by atoms with Gasteiger partial charge in [-0.2, -0.15) is 0 Å². The highest BCUT2D eigenvalue weighted by Gasteiger charge is 2.21. The third kappa shape index (κ3) is 4.05. The fraction of sp³-hybridized carbons (Fsp3) is 0.211. The number of benzene rings is 2. The number of para-hydroxylation sites is 1. The maximum Gasteiger partial charge on any atom is 0.266 e. The minimum absolute atomic E-state index is 0.00979. The van der Waals surface area contributed by atoms with Crippen molar-refractivity contribution in [3.05, 3.63) is 53.8 Å². The summed E-state index contributed by atoms with van der Waals surface area (Å²) < 4.78 is 29.0. The molecular formula is C19H18FN3O4. The quantitative estimate of drug-likeness (QED) is 0.712. The highest BCUT2D eigenvalue weighted by molar-refractivity contribution is 5.96. The molecule has 0 fully saturated rings. The smallest absolute Gasteiger partial charge is 0.266 e. The molecule has 0 aliphatic heterocycles. The molecule has 0 saturated heterocycles. The molecule has 0 radical (unpaired) electrons. The van der Waals surface area contributed by atoms with Gasteiger partial charge in [0.1, 0.15) is 5.75 Å². The van der Waals surface area contributed by atoms with Crippen molar-refractivity contribution in [2.24, 2.45) is 0 Å². The maximum absolute atomic E-state index is 13.7. The van der Waals surface area contributed by atoms with Crippen LogP contribution in [0.15, 0.2) is 47.1 Å². The number of anilines is 1. The average Bonchev–Trinajstić information content (AvgIpc) is 3.11. The zero-order valence-electron chi connectivity index (χ0n) is 15.0. The molecule has 1 heterocycles. The highest BCUT2D eigenvalue weighted by atomic mass is 19.1. The monoisotopic (exact) mass is 371 g/mol. The van der Waals surface area contributed by atoms with Gasteiger partial charge in [0.15, 0.2) is 23.4 Å². The van der Waals surface area contributed by atoms with Gasteiger partial charge < -0.3 is 14.8 Å². The van der Waals surface area contributed by atoms with E-state index in [2.05, 4.69) is 15.6 Å². The number of nitrogens with one attached hydrogen (secondary N) is 1. The molecule has 0 saturated carbocycles. The SMILES string of the molecule is COc1ccc(-c2nonc2NC(=O)[C@H](C)Oc2ccccc2F)cc1C. The van der Waals surface area contributed by atoms with E-state index in [9.17, 15) is 9.18 Å². The Morgan fingerprint density at radius 2 is 1.96 bits per heavy atom. The van der Waals surface area contributed by atoms with E-state index < -0.39 is 17.8 Å². The highest BCUT2D eigenvalue weighted by Crippen LogP contribution is 2.29. The van der Waals surface area contributed by atoms with Crippen LogP contribution in [-0.2, 0) is 4.79 Å². The van der Waals surface area contributed by atoms with E-state index in [4.69, 9.17) is 14.1 Å². The fourth-order valence-corrected chi connectivity index (χ4v) is 2.49. The number of aromatic nitrogens is 2. The first-order valence-corrected chi connectivity index (χ1v) is 8.19. The molecule has 0 spiro atoms. The summed E-state index contributed by atoms with van der Waals surface area (Å²) in [6.45, 7) is 3.39. The van der Waals surface area contributed by atoms with Crippen LogP contribution < -0.4 is 14.8 Å². The number of rotatable bonds is 6. The Morgan fingerprint density at radius 1 is 1.19 bits per heavy atom. The second-order valence-electron chi connectivity index (χ2n) is 5.83. The van der Waals surface area contributed by atoms with E-state index in [1.165, 1.54) is 25.1 Å². The van der Waals surface area contributed by atoms with E-state index in [-0.39, 0.29) is 11.6 Å². The first-order valence-electron chi connectivity index (χ1n) is 8.19. The summed E-state index contributed by atoms with van der Waals surface area (Å²) in [5.74, 6) is -0.194. The van der Waals surface area contributed by atoms with Gasteiger partial charge in [-0.15, -0.1) is 0 Å². The predicted molar refractivity (Wildman–Crippen MR) is 96.1 cm³/mol. The van der Waals surface area contributed by atoms with Crippen LogP contribution in [0, 0.1) is 12.7 Å². The number of nitrogens with zero attached hydrogens (tertiary/aromatic N) is 2. The molecule has 1 amide bonds. The number of carbonyl (C=O) groups is 1. The number of aryl methyl sites for hydroxylation is 1. The number of carbonyl (C=O) groups excluding carboxylic acids is 1. The molecular weight excluding hydrogens is 353 g/mol. The average molecular weight is 371 g/mol. The number of methoxy groups -OCH3 is 1. The Balaban J connectivity index is 1.75. The first kappa shape index (κ1) is 18.4. The molecule has 1 atom stereocenters. The van der Waals surface area contributed by atoms with Gasteiger partial charge in [0.25, 0.3) is 5.91 Å². The van der Waals surface area contributed by atoms with Crippen molar-refractivity contribution in [3.8, 4) is 22.8 Å². The van der Waals surface area contributed by atoms with Crippen LogP contribution in [0.25, 0.3) is 11.3 Å². The van der Waals surface area contributed by atoms with Gasteiger partial charge in [0.2, 0.25) is 5.82 Å². The number of amides is 1. The van der Waals surface area contributed by atoms with Crippen molar-refractivity contribution in [1.82, 2.24) is 10.3 Å². The van der Waals surface area contributed by atoms with Crippen molar-refractivity contribution in [2.75, 3.05) is 12.4 Å². The molecule has 3 aromatic rings. The summed E-state index contributed by atoms with van der Waals surface area (Å²) in [7, 11) is 1.59. The van der Waals surface area contributed by atoms with Crippen LogP contribution in [0.3, 0.4) is 0 Å². The third-order valence-electron chi connectivity index (χ3n) is 3.91. The van der Waals surface area contributed by atoms with Crippen molar-refractivity contribution in [3.63, 3.8) is 0 Å². The molecule has 3 rings (SSSR count). The lowest BCUT2D eigenvalue weighted by atomic mass is 10.1. The largest absolute Gasteiger partial charge is 0.496 e. The van der Waals surface area contributed by atoms with E-state index in [0.717, 1.165) is 11.3 Å². The molecule has 27 heavy (non-hydrogen) atoms. The predicted octanol–water partition coefficient (Wildman–Crippen LogP) is 3.60. The van der Waals surface area contributed by atoms with Gasteiger partial charge in [0, 0.05) is 5.56 Å². The molecule has 0 unspecified atom stereocenters. The molecule has 1 N–H and O–H groups in total. The van der Waals surface area contributed by atoms with E-state index in [1.54, 1.807) is 25.3 Å². The van der Waals surface area contributed by atoms with Gasteiger partial charge in [-0.25, -0.2) is 9.02 Å². The Hall–Kier alpha value is -3.42. The zero-order chi connectivity index (χ0) is 19.4. The summed E-state index contributed by atoms with van der Waals surface area (Å²) in [5, 5.41) is 10.2. The van der Waals surface area contributed by atoms with Crippen molar-refractivity contribution in [1.29, 1.82) is 0 Å². The summed E-state index contributed by atoms with van der Waals surface area (Å²) in [6.07, 6.45) is -0.955. The Kier molecular flexibility index (Phi) is 5.35. The van der Waals surface area contributed by atoms with Crippen LogP contribution in [0.4, 0.5) is 10.2 Å². The number of halogens is 1. The van der Waals surface area contributed by atoms with Gasteiger partial charge in [-0.05, 0) is 60.1 Å². The lowest BCUT2D eigenvalue weighted by Crippen LogP contribution is -2.30. The molecule has 0 bridgehead atoms. The van der Waals surface area contributed by atoms with E-state index in [0.29, 0.717) is 11.3 Å². The Morgan fingerprint density at radius 3 is 2.67 bits per heavy atom. The lowest BCUT2D eigenvalue weighted by molar-refractivity contribution is -0.122. The van der Waals surface area contributed by atoms with Crippen molar-refractivity contribution < 1.29 is 23.3 Å². The first-order chi connectivity index (χ1) is 13.0. The van der Waals surface area contributed by atoms with Crippen LogP contribution in [0.1, 0.15) is 12.5 Å².